The van der Waals surface area contributed by atoms with Crippen LogP contribution in [-0.4, -0.2) is 8.07 Å². The molecular weight excluding hydrogens is 775 g/mol. The van der Waals surface area contributed by atoms with E-state index in [2.05, 4.69) is 244 Å². The number of rotatable bonds is 17. The maximum absolute atomic E-state index is 2.63. The van der Waals surface area contributed by atoms with Crippen molar-refractivity contribution in [1.29, 1.82) is 0 Å². The molecule has 8 aromatic rings. The second-order valence-electron chi connectivity index (χ2n) is 16.5. The van der Waals surface area contributed by atoms with E-state index in [0.717, 1.165) is 12.3 Å². The molecule has 0 aliphatic carbocycles. The summed E-state index contributed by atoms with van der Waals surface area (Å²) in [6.07, 6.45) is 7.11. The maximum atomic E-state index is 2.63. The fraction of sp³-hybridized carbons (Fsp3) is 0.158. The van der Waals surface area contributed by atoms with Gasteiger partial charge in [-0.15, -0.1) is 0 Å². The highest BCUT2D eigenvalue weighted by atomic mass is 31.2. The van der Waals surface area contributed by atoms with Crippen LogP contribution < -0.4 is 42.2 Å². The lowest BCUT2D eigenvalue weighted by Gasteiger charge is -2.31. The maximum Gasteiger partial charge on any atom is 0.116 e. The summed E-state index contributed by atoms with van der Waals surface area (Å²) in [6, 6.07) is 89.0. The van der Waals surface area contributed by atoms with Crippen LogP contribution in [0.2, 0.25) is 12.6 Å². The van der Waals surface area contributed by atoms with Crippen molar-refractivity contribution in [2.45, 2.75) is 57.5 Å². The molecule has 60 heavy (non-hydrogen) atoms. The Hall–Kier alpha value is -5.16. The highest BCUT2D eigenvalue weighted by molar-refractivity contribution is 7.95. The normalized spacial score (nSPS) is 12.0. The molecule has 0 fully saturated rings. The molecule has 3 heteroatoms. The zero-order chi connectivity index (χ0) is 41.1. The number of unbranched alkanes of at least 4 members (excludes halogenated alkanes) is 3. The Kier molecular flexibility index (Phi) is 13.5. The standard InChI is InChI=1S/C57H58P2Si/c1-3-4-5-24-45-60(2,56-41-37-48(38-42-56)46-58(50-25-12-6-13-26-50,51-27-14-7-15-28-51)52-29-16-8-17-30-52)57-43-39-49(40-44-57)47-59(53-31-18-9-19-32-53,54-33-20-10-21-34-54)55-35-22-11-23-36-55/h6-23,25-44H,3-5,24,45-47H2,1-2H3/q+2. The Morgan fingerprint density at radius 1 is 0.317 bits per heavy atom. The van der Waals surface area contributed by atoms with Gasteiger partial charge in [0.1, 0.15) is 54.4 Å². The number of hydrogen-bond donors (Lipinski definition) is 0. The van der Waals surface area contributed by atoms with Crippen molar-refractivity contribution < 1.29 is 0 Å². The predicted octanol–water partition coefficient (Wildman–Crippen LogP) is 11.4. The molecule has 298 valence electrons. The number of hydrogen-bond acceptors (Lipinski definition) is 0. The molecule has 0 amide bonds. The van der Waals surface area contributed by atoms with Gasteiger partial charge in [0.15, 0.2) is 0 Å². The van der Waals surface area contributed by atoms with Gasteiger partial charge < -0.3 is 0 Å². The molecule has 0 saturated heterocycles. The summed E-state index contributed by atoms with van der Waals surface area (Å²) in [5.41, 5.74) is 2.81. The van der Waals surface area contributed by atoms with Crippen LogP contribution >= 0.6 is 14.5 Å². The van der Waals surface area contributed by atoms with Gasteiger partial charge in [0.05, 0.1) is 12.3 Å². The largest absolute Gasteiger partial charge is 0.116 e. The molecule has 8 rings (SSSR count). The third-order valence-corrected chi connectivity index (χ3v) is 26.1. The molecule has 0 bridgehead atoms. The molecule has 0 unspecified atom stereocenters. The zero-order valence-electron chi connectivity index (χ0n) is 35.3. The Morgan fingerprint density at radius 3 is 0.833 bits per heavy atom. The summed E-state index contributed by atoms with van der Waals surface area (Å²) in [7, 11) is -6.06. The Bertz CT molecular complexity index is 2130. The first-order valence-electron chi connectivity index (χ1n) is 21.8. The number of benzene rings is 8. The zero-order valence-corrected chi connectivity index (χ0v) is 38.1. The van der Waals surface area contributed by atoms with Crippen molar-refractivity contribution in [1.82, 2.24) is 0 Å². The second-order valence-corrected chi connectivity index (χ2v) is 27.8. The Labute approximate surface area is 362 Å². The van der Waals surface area contributed by atoms with Gasteiger partial charge in [-0.3, -0.25) is 0 Å². The van der Waals surface area contributed by atoms with Crippen LogP contribution in [0.3, 0.4) is 0 Å². The van der Waals surface area contributed by atoms with Crippen molar-refractivity contribution >= 4 is 64.8 Å². The average Bonchev–Trinajstić information content (AvgIpc) is 3.33. The monoisotopic (exact) mass is 832 g/mol. The molecule has 0 nitrogen and oxygen atoms in total. The van der Waals surface area contributed by atoms with Gasteiger partial charge >= 0.3 is 0 Å². The quantitative estimate of drug-likeness (QED) is 0.0487. The van der Waals surface area contributed by atoms with Gasteiger partial charge in [-0.2, -0.15) is 0 Å². The highest BCUT2D eigenvalue weighted by Gasteiger charge is 2.47. The Morgan fingerprint density at radius 2 is 0.583 bits per heavy atom. The predicted molar refractivity (Wildman–Crippen MR) is 270 cm³/mol. The second kappa shape index (κ2) is 19.5. The first-order valence-corrected chi connectivity index (χ1v) is 28.5. The van der Waals surface area contributed by atoms with Crippen LogP contribution in [0.15, 0.2) is 231 Å². The third kappa shape index (κ3) is 8.69. The van der Waals surface area contributed by atoms with Crippen LogP contribution in [0.4, 0.5) is 0 Å². The molecule has 0 heterocycles. The van der Waals surface area contributed by atoms with Crippen LogP contribution in [-0.2, 0) is 12.3 Å². The molecule has 8 aromatic carbocycles. The summed E-state index contributed by atoms with van der Waals surface area (Å²) in [6.45, 7) is 4.95. The lowest BCUT2D eigenvalue weighted by atomic mass is 10.2. The topological polar surface area (TPSA) is 0 Å². The first kappa shape index (κ1) is 41.6. The summed E-state index contributed by atoms with van der Waals surface area (Å²) in [5.74, 6) is 0. The summed E-state index contributed by atoms with van der Waals surface area (Å²) >= 11 is 0. The third-order valence-electron chi connectivity index (χ3n) is 12.7. The van der Waals surface area contributed by atoms with Crippen molar-refractivity contribution in [2.75, 3.05) is 0 Å². The molecular formula is C57H58P2Si+2. The van der Waals surface area contributed by atoms with Crippen LogP contribution in [0.1, 0.15) is 43.7 Å². The lowest BCUT2D eigenvalue weighted by molar-refractivity contribution is 0.698. The molecule has 0 aromatic heterocycles. The van der Waals surface area contributed by atoms with Gasteiger partial charge in [0, 0.05) is 0 Å². The molecule has 0 atom stereocenters. The van der Waals surface area contributed by atoms with Gasteiger partial charge in [-0.05, 0) is 90.0 Å². The van der Waals surface area contributed by atoms with Crippen LogP contribution in [0.25, 0.3) is 0 Å². The molecule has 0 aliphatic rings. The van der Waals surface area contributed by atoms with Crippen LogP contribution in [0.5, 0.6) is 0 Å². The summed E-state index contributed by atoms with van der Waals surface area (Å²) in [4.78, 5) is 0. The summed E-state index contributed by atoms with van der Waals surface area (Å²) in [5, 5.41) is 11.7. The SMILES string of the molecule is CCCCCC[Si](C)(c1ccc(C[P+](c2ccccc2)(c2ccccc2)c2ccccc2)cc1)c1ccc(C[P+](c2ccccc2)(c2ccccc2)c2ccccc2)cc1. The average molecular weight is 833 g/mol. The van der Waals surface area contributed by atoms with E-state index in [1.807, 2.05) is 0 Å². The van der Waals surface area contributed by atoms with E-state index in [0.29, 0.717) is 0 Å². The van der Waals surface area contributed by atoms with Gasteiger partial charge in [-0.25, -0.2) is 0 Å². The van der Waals surface area contributed by atoms with Gasteiger partial charge in [0.2, 0.25) is 0 Å². The van der Waals surface area contributed by atoms with E-state index in [4.69, 9.17) is 0 Å². The van der Waals surface area contributed by atoms with Crippen molar-refractivity contribution in [2.24, 2.45) is 0 Å². The molecule has 0 radical (unpaired) electrons. The first-order chi connectivity index (χ1) is 29.6. The fourth-order valence-electron chi connectivity index (χ4n) is 9.40. The minimum Gasteiger partial charge on any atom is -0.0654 e. The van der Waals surface area contributed by atoms with Crippen molar-refractivity contribution in [3.8, 4) is 0 Å². The van der Waals surface area contributed by atoms with E-state index in [9.17, 15) is 0 Å². The van der Waals surface area contributed by atoms with Gasteiger partial charge in [0.25, 0.3) is 0 Å². The molecule has 0 spiro atoms. The van der Waals surface area contributed by atoms with E-state index >= 15 is 0 Å². The lowest BCUT2D eigenvalue weighted by Crippen LogP contribution is -2.55. The van der Waals surface area contributed by atoms with E-state index in [1.54, 1.807) is 10.4 Å². The smallest absolute Gasteiger partial charge is 0.0654 e. The van der Waals surface area contributed by atoms with E-state index in [1.165, 1.54) is 74.7 Å². The molecule has 0 saturated carbocycles. The fourth-order valence-corrected chi connectivity index (χ4v) is 21.6. The minimum absolute atomic E-state index is 0.990. The van der Waals surface area contributed by atoms with Crippen LogP contribution in [0, 0.1) is 0 Å². The minimum atomic E-state index is -2.08. The highest BCUT2D eigenvalue weighted by Crippen LogP contribution is 2.59. The van der Waals surface area contributed by atoms with Crippen molar-refractivity contribution in [3.63, 3.8) is 0 Å². The van der Waals surface area contributed by atoms with Crippen molar-refractivity contribution in [3.05, 3.63) is 242 Å². The van der Waals surface area contributed by atoms with E-state index in [-0.39, 0.29) is 0 Å². The molecule has 0 N–H and O–H groups in total. The molecule has 0 aliphatic heterocycles. The van der Waals surface area contributed by atoms with Gasteiger partial charge in [-0.1, -0.05) is 207 Å². The Balaban J connectivity index is 1.16. The summed E-state index contributed by atoms with van der Waals surface area (Å²) < 4.78 is 0. The van der Waals surface area contributed by atoms with E-state index < -0.39 is 22.6 Å².